The van der Waals surface area contributed by atoms with Gasteiger partial charge in [-0.2, -0.15) is 0 Å². The van der Waals surface area contributed by atoms with Crippen LogP contribution in [0.2, 0.25) is 0 Å². The largest absolute Gasteiger partial charge is 0.329 e. The first-order valence-corrected chi connectivity index (χ1v) is 10.0. The minimum absolute atomic E-state index is 0.670. The maximum Gasteiger partial charge on any atom is 0.104 e. The summed E-state index contributed by atoms with van der Waals surface area (Å²) in [5, 5.41) is 8.94. The fourth-order valence-electron chi connectivity index (χ4n) is 2.40. The summed E-state index contributed by atoms with van der Waals surface area (Å²) < 4.78 is 0. The summed E-state index contributed by atoms with van der Waals surface area (Å²) >= 11 is 3.53. The van der Waals surface area contributed by atoms with Gasteiger partial charge in [-0.1, -0.05) is 0 Å². The Morgan fingerprint density at radius 3 is 1.54 bits per heavy atom. The normalized spacial score (nSPS) is 11.3. The number of thiazole rings is 2. The van der Waals surface area contributed by atoms with Gasteiger partial charge in [0.05, 0.1) is 10.0 Å². The van der Waals surface area contributed by atoms with Crippen molar-refractivity contribution in [2.24, 2.45) is 11.5 Å². The third-order valence-electron chi connectivity index (χ3n) is 3.58. The van der Waals surface area contributed by atoms with Crippen molar-refractivity contribution in [2.75, 3.05) is 39.3 Å². The molecule has 0 saturated carbocycles. The molecule has 0 aliphatic rings. The zero-order valence-electron chi connectivity index (χ0n) is 14.5. The molecule has 2 heterocycles. The van der Waals surface area contributed by atoms with Gasteiger partial charge in [-0.25, -0.2) is 9.97 Å². The van der Waals surface area contributed by atoms with E-state index in [2.05, 4.69) is 24.5 Å². The molecular weight excluding hydrogens is 340 g/mol. The lowest BCUT2D eigenvalue weighted by atomic mass is 10.2. The molecule has 24 heavy (non-hydrogen) atoms. The lowest BCUT2D eigenvalue weighted by Gasteiger charge is -1.99. The molecule has 8 heteroatoms. The van der Waals surface area contributed by atoms with Gasteiger partial charge in [-0.05, 0) is 13.8 Å². The highest BCUT2D eigenvalue weighted by atomic mass is 32.1. The van der Waals surface area contributed by atoms with Crippen LogP contribution in [0.4, 0.5) is 0 Å². The second kappa shape index (κ2) is 10.2. The van der Waals surface area contributed by atoms with E-state index in [4.69, 9.17) is 21.4 Å². The van der Waals surface area contributed by atoms with Crippen molar-refractivity contribution < 1.29 is 0 Å². The Labute approximate surface area is 152 Å². The van der Waals surface area contributed by atoms with Gasteiger partial charge in [0.2, 0.25) is 0 Å². The Hall–Kier alpha value is -0.900. The van der Waals surface area contributed by atoms with Gasteiger partial charge in [0.1, 0.15) is 11.4 Å². The van der Waals surface area contributed by atoms with Gasteiger partial charge in [-0.15, -0.1) is 22.7 Å². The summed E-state index contributed by atoms with van der Waals surface area (Å²) in [6, 6.07) is 0. The molecule has 0 fully saturated rings. The second-order valence-electron chi connectivity index (χ2n) is 5.60. The first-order chi connectivity index (χ1) is 11.7. The van der Waals surface area contributed by atoms with Crippen LogP contribution in [0, 0.1) is 13.8 Å². The highest BCUT2D eigenvalue weighted by Gasteiger charge is 2.16. The summed E-state index contributed by atoms with van der Waals surface area (Å²) in [6.07, 6.45) is 1.87. The zero-order chi connectivity index (χ0) is 17.4. The minimum Gasteiger partial charge on any atom is -0.329 e. The summed E-state index contributed by atoms with van der Waals surface area (Å²) in [7, 11) is 0. The van der Waals surface area contributed by atoms with Crippen LogP contribution in [0.5, 0.6) is 0 Å². The summed E-state index contributed by atoms with van der Waals surface area (Å²) in [6.45, 7) is 9.13. The van der Waals surface area contributed by atoms with Crippen molar-refractivity contribution in [1.82, 2.24) is 20.6 Å². The van der Waals surface area contributed by atoms with Crippen LogP contribution in [0.3, 0.4) is 0 Å². The van der Waals surface area contributed by atoms with E-state index in [-0.39, 0.29) is 0 Å². The molecule has 0 unspecified atom stereocenters. The quantitative estimate of drug-likeness (QED) is 0.443. The summed E-state index contributed by atoms with van der Waals surface area (Å²) in [5.41, 5.74) is 13.1. The van der Waals surface area contributed by atoms with E-state index in [1.165, 1.54) is 9.75 Å². The lowest BCUT2D eigenvalue weighted by molar-refractivity contribution is 0.686. The third-order valence-corrected chi connectivity index (χ3v) is 5.64. The molecule has 0 spiro atoms. The van der Waals surface area contributed by atoms with Crippen molar-refractivity contribution in [3.63, 3.8) is 0 Å². The average Bonchev–Trinajstić information content (AvgIpc) is 3.10. The Morgan fingerprint density at radius 2 is 1.17 bits per heavy atom. The zero-order valence-corrected chi connectivity index (χ0v) is 16.2. The maximum atomic E-state index is 5.49. The van der Waals surface area contributed by atoms with Gasteiger partial charge in [-0.3, -0.25) is 0 Å². The molecule has 2 rings (SSSR count). The number of nitrogens with zero attached hydrogens (tertiary/aromatic N) is 2. The molecule has 134 valence electrons. The smallest absolute Gasteiger partial charge is 0.104 e. The first-order valence-electron chi connectivity index (χ1n) is 8.40. The van der Waals surface area contributed by atoms with Crippen molar-refractivity contribution in [3.8, 4) is 11.4 Å². The average molecular weight is 369 g/mol. The van der Waals surface area contributed by atoms with Crippen molar-refractivity contribution >= 4 is 22.7 Å². The molecule has 0 saturated heterocycles. The number of nitrogens with one attached hydrogen (secondary N) is 2. The van der Waals surface area contributed by atoms with Gasteiger partial charge < -0.3 is 22.1 Å². The van der Waals surface area contributed by atoms with Gasteiger partial charge >= 0.3 is 0 Å². The molecule has 0 radical (unpaired) electrons. The third kappa shape index (κ3) is 5.58. The number of hydrogen-bond donors (Lipinski definition) is 4. The number of rotatable bonds is 11. The number of hydrogen-bond acceptors (Lipinski definition) is 8. The fourth-order valence-corrected chi connectivity index (χ4v) is 4.27. The van der Waals surface area contributed by atoms with Crippen LogP contribution in [0.15, 0.2) is 0 Å². The molecule has 0 aromatic carbocycles. The first kappa shape index (κ1) is 19.4. The van der Waals surface area contributed by atoms with Crippen molar-refractivity contribution in [3.05, 3.63) is 19.8 Å². The van der Waals surface area contributed by atoms with Gasteiger partial charge in [0.25, 0.3) is 0 Å². The van der Waals surface area contributed by atoms with E-state index in [0.717, 1.165) is 60.4 Å². The summed E-state index contributed by atoms with van der Waals surface area (Å²) in [4.78, 5) is 12.1. The molecule has 0 atom stereocenters. The SMILES string of the molecule is Cc1sc(CCNCCN)nc1-c1nc(CCNCCN)sc1C. The highest BCUT2D eigenvalue weighted by molar-refractivity contribution is 7.12. The van der Waals surface area contributed by atoms with Crippen molar-refractivity contribution in [1.29, 1.82) is 0 Å². The van der Waals surface area contributed by atoms with E-state index in [1.807, 2.05) is 0 Å². The number of aromatic nitrogens is 2. The number of nitrogens with two attached hydrogens (primary N) is 2. The van der Waals surface area contributed by atoms with Crippen LogP contribution in [-0.2, 0) is 12.8 Å². The molecular formula is C16H28N6S2. The molecule has 0 aliphatic heterocycles. The van der Waals surface area contributed by atoms with E-state index >= 15 is 0 Å². The van der Waals surface area contributed by atoms with E-state index in [0.29, 0.717) is 13.1 Å². The topological polar surface area (TPSA) is 102 Å². The van der Waals surface area contributed by atoms with E-state index in [9.17, 15) is 0 Å². The van der Waals surface area contributed by atoms with Crippen LogP contribution < -0.4 is 22.1 Å². The molecule has 2 aromatic heterocycles. The molecule has 6 N–H and O–H groups in total. The Balaban J connectivity index is 2.00. The molecule has 0 amide bonds. The predicted octanol–water partition coefficient (Wildman–Crippen LogP) is 1.07. The summed E-state index contributed by atoms with van der Waals surface area (Å²) in [5.74, 6) is 0. The van der Waals surface area contributed by atoms with Crippen LogP contribution in [0.25, 0.3) is 11.4 Å². The minimum atomic E-state index is 0.670. The molecule has 0 aliphatic carbocycles. The standard InChI is InChI=1S/C16H28N6S2/c1-11-15(21-13(23-11)3-7-19-9-5-17)16-12(2)24-14(22-16)4-8-20-10-6-18/h19-20H,3-10,17-18H2,1-2H3. The number of aryl methyl sites for hydroxylation is 2. The predicted molar refractivity (Wildman–Crippen MR) is 104 cm³/mol. The Morgan fingerprint density at radius 1 is 0.750 bits per heavy atom. The van der Waals surface area contributed by atoms with E-state index in [1.54, 1.807) is 22.7 Å². The highest BCUT2D eigenvalue weighted by Crippen LogP contribution is 2.32. The maximum absolute atomic E-state index is 5.49. The molecule has 2 aromatic rings. The molecule has 6 nitrogen and oxygen atoms in total. The molecule has 0 bridgehead atoms. The van der Waals surface area contributed by atoms with Gasteiger partial charge in [0.15, 0.2) is 0 Å². The van der Waals surface area contributed by atoms with E-state index < -0.39 is 0 Å². The lowest BCUT2D eigenvalue weighted by Crippen LogP contribution is -2.24. The fraction of sp³-hybridized carbons (Fsp3) is 0.625. The van der Waals surface area contributed by atoms with Crippen LogP contribution in [0.1, 0.15) is 19.8 Å². The Bertz CT molecular complexity index is 568. The van der Waals surface area contributed by atoms with Crippen molar-refractivity contribution in [2.45, 2.75) is 26.7 Å². The Kier molecular flexibility index (Phi) is 8.23. The van der Waals surface area contributed by atoms with Crippen LogP contribution >= 0.6 is 22.7 Å². The second-order valence-corrected chi connectivity index (χ2v) is 8.18. The van der Waals surface area contributed by atoms with Gasteiger partial charge in [0, 0.05) is 61.9 Å². The van der Waals surface area contributed by atoms with Crippen LogP contribution in [-0.4, -0.2) is 49.2 Å². The monoisotopic (exact) mass is 368 g/mol.